The third-order valence-electron chi connectivity index (χ3n) is 2.63. The minimum Gasteiger partial charge on any atom is -0.493 e. The van der Waals surface area contributed by atoms with E-state index in [-0.39, 0.29) is 0 Å². The fraction of sp³-hybridized carbons (Fsp3) is 0.308. The van der Waals surface area contributed by atoms with E-state index in [2.05, 4.69) is 26.2 Å². The summed E-state index contributed by atoms with van der Waals surface area (Å²) in [7, 11) is 3.27. The predicted molar refractivity (Wildman–Crippen MR) is 79.9 cm³/mol. The second-order valence-electron chi connectivity index (χ2n) is 3.83. The number of hydrogen-bond donors (Lipinski definition) is 1. The molecule has 4 nitrogen and oxygen atoms in total. The van der Waals surface area contributed by atoms with Crippen molar-refractivity contribution in [2.24, 2.45) is 0 Å². The van der Waals surface area contributed by atoms with Crippen molar-refractivity contribution in [3.05, 3.63) is 38.8 Å². The molecule has 0 saturated heterocycles. The smallest absolute Gasteiger partial charge is 0.161 e. The van der Waals surface area contributed by atoms with Crippen LogP contribution >= 0.6 is 27.3 Å². The summed E-state index contributed by atoms with van der Waals surface area (Å²) in [5.41, 5.74) is 1.12. The Morgan fingerprint density at radius 2 is 1.95 bits per heavy atom. The summed E-state index contributed by atoms with van der Waals surface area (Å²) in [4.78, 5) is 4.23. The summed E-state index contributed by atoms with van der Waals surface area (Å²) in [5, 5.41) is 6.41. The Labute approximate surface area is 124 Å². The maximum absolute atomic E-state index is 5.30. The van der Waals surface area contributed by atoms with Crippen molar-refractivity contribution in [1.82, 2.24) is 10.3 Å². The number of methoxy groups -OCH3 is 2. The van der Waals surface area contributed by atoms with Crippen molar-refractivity contribution >= 4 is 27.3 Å². The van der Waals surface area contributed by atoms with Gasteiger partial charge >= 0.3 is 0 Å². The van der Waals surface area contributed by atoms with Crippen LogP contribution in [-0.4, -0.2) is 19.2 Å². The highest BCUT2D eigenvalue weighted by molar-refractivity contribution is 9.10. The monoisotopic (exact) mass is 342 g/mol. The fourth-order valence-corrected chi connectivity index (χ4v) is 2.72. The molecule has 0 unspecified atom stereocenters. The summed E-state index contributed by atoms with van der Waals surface area (Å²) >= 11 is 5.19. The van der Waals surface area contributed by atoms with Gasteiger partial charge in [-0.3, -0.25) is 0 Å². The van der Waals surface area contributed by atoms with E-state index >= 15 is 0 Å². The van der Waals surface area contributed by atoms with E-state index < -0.39 is 0 Å². The highest BCUT2D eigenvalue weighted by Crippen LogP contribution is 2.33. The maximum Gasteiger partial charge on any atom is 0.161 e. The SMILES string of the molecule is COc1cc(Br)c(CNCc2nccs2)cc1OC. The van der Waals surface area contributed by atoms with Gasteiger partial charge in [0.2, 0.25) is 0 Å². The predicted octanol–water partition coefficient (Wildman–Crippen LogP) is 3.21. The molecule has 1 heterocycles. The Bertz CT molecular complexity index is 532. The van der Waals surface area contributed by atoms with Gasteiger partial charge in [-0.15, -0.1) is 11.3 Å². The van der Waals surface area contributed by atoms with Crippen molar-refractivity contribution in [1.29, 1.82) is 0 Å². The van der Waals surface area contributed by atoms with E-state index in [0.717, 1.165) is 39.6 Å². The second-order valence-corrected chi connectivity index (χ2v) is 5.66. The molecule has 0 aliphatic heterocycles. The van der Waals surface area contributed by atoms with E-state index in [1.807, 2.05) is 23.7 Å². The first kappa shape index (κ1) is 14.3. The van der Waals surface area contributed by atoms with Crippen LogP contribution in [0.1, 0.15) is 10.6 Å². The number of nitrogens with zero attached hydrogens (tertiary/aromatic N) is 1. The van der Waals surface area contributed by atoms with Crippen molar-refractivity contribution in [2.45, 2.75) is 13.1 Å². The van der Waals surface area contributed by atoms with E-state index in [1.54, 1.807) is 25.6 Å². The zero-order valence-corrected chi connectivity index (χ0v) is 13.2. The van der Waals surface area contributed by atoms with Crippen LogP contribution < -0.4 is 14.8 Å². The van der Waals surface area contributed by atoms with Gasteiger partial charge in [0.1, 0.15) is 5.01 Å². The van der Waals surface area contributed by atoms with Crippen molar-refractivity contribution in [3.8, 4) is 11.5 Å². The van der Waals surface area contributed by atoms with Gasteiger partial charge in [0.15, 0.2) is 11.5 Å². The molecule has 0 radical (unpaired) electrons. The molecule has 102 valence electrons. The molecule has 0 fully saturated rings. The number of halogens is 1. The summed E-state index contributed by atoms with van der Waals surface area (Å²) in [6, 6.07) is 3.89. The molecule has 0 bridgehead atoms. The van der Waals surface area contributed by atoms with Crippen LogP contribution in [0.5, 0.6) is 11.5 Å². The first-order chi connectivity index (χ1) is 9.24. The number of hydrogen-bond acceptors (Lipinski definition) is 5. The van der Waals surface area contributed by atoms with E-state index in [1.165, 1.54) is 0 Å². The highest BCUT2D eigenvalue weighted by Gasteiger charge is 2.09. The average Bonchev–Trinajstić information content (AvgIpc) is 2.93. The number of aromatic nitrogens is 1. The van der Waals surface area contributed by atoms with E-state index in [9.17, 15) is 0 Å². The van der Waals surface area contributed by atoms with Crippen LogP contribution in [0.25, 0.3) is 0 Å². The third kappa shape index (κ3) is 3.68. The molecular formula is C13H15BrN2O2S. The molecule has 1 aromatic heterocycles. The van der Waals surface area contributed by atoms with Gasteiger partial charge in [-0.05, 0) is 17.7 Å². The van der Waals surface area contributed by atoms with Crippen LogP contribution in [0.15, 0.2) is 28.2 Å². The van der Waals surface area contributed by atoms with Gasteiger partial charge in [0.25, 0.3) is 0 Å². The molecule has 2 rings (SSSR count). The lowest BCUT2D eigenvalue weighted by molar-refractivity contribution is 0.354. The van der Waals surface area contributed by atoms with E-state index in [4.69, 9.17) is 9.47 Å². The van der Waals surface area contributed by atoms with Gasteiger partial charge in [0, 0.05) is 29.1 Å². The fourth-order valence-electron chi connectivity index (χ4n) is 1.68. The molecule has 0 aliphatic rings. The molecule has 1 aromatic carbocycles. The number of rotatable bonds is 6. The Balaban J connectivity index is 2.03. The second kappa shape index (κ2) is 6.88. The molecule has 0 amide bonds. The average molecular weight is 343 g/mol. The first-order valence-corrected chi connectivity index (χ1v) is 7.41. The zero-order chi connectivity index (χ0) is 13.7. The molecule has 0 atom stereocenters. The molecule has 6 heteroatoms. The van der Waals surface area contributed by atoms with Crippen LogP contribution in [0.3, 0.4) is 0 Å². The molecular weight excluding hydrogens is 328 g/mol. The molecule has 0 aliphatic carbocycles. The van der Waals surface area contributed by atoms with Gasteiger partial charge in [-0.2, -0.15) is 0 Å². The summed E-state index contributed by atoms with van der Waals surface area (Å²) < 4.78 is 11.5. The Morgan fingerprint density at radius 3 is 2.58 bits per heavy atom. The highest BCUT2D eigenvalue weighted by atomic mass is 79.9. The Hall–Kier alpha value is -1.11. The summed E-state index contributed by atoms with van der Waals surface area (Å²) in [6.45, 7) is 1.50. The molecule has 0 spiro atoms. The standard InChI is InChI=1S/C13H15BrN2O2S/c1-17-11-5-9(10(14)6-12(11)18-2)7-15-8-13-16-3-4-19-13/h3-6,15H,7-8H2,1-2H3. The Morgan fingerprint density at radius 1 is 1.21 bits per heavy atom. The largest absolute Gasteiger partial charge is 0.493 e. The molecule has 1 N–H and O–H groups in total. The van der Waals surface area contributed by atoms with Gasteiger partial charge in [-0.25, -0.2) is 4.98 Å². The zero-order valence-electron chi connectivity index (χ0n) is 10.8. The van der Waals surface area contributed by atoms with Crippen LogP contribution in [0, 0.1) is 0 Å². The minimum atomic E-state index is 0.720. The number of nitrogens with one attached hydrogen (secondary N) is 1. The van der Waals surface area contributed by atoms with E-state index in [0.29, 0.717) is 0 Å². The Kier molecular flexibility index (Phi) is 5.18. The first-order valence-electron chi connectivity index (χ1n) is 5.74. The maximum atomic E-state index is 5.30. The summed E-state index contributed by atoms with van der Waals surface area (Å²) in [5.74, 6) is 1.45. The minimum absolute atomic E-state index is 0.720. The van der Waals surface area contributed by atoms with Gasteiger partial charge in [0.05, 0.1) is 14.2 Å². The normalized spacial score (nSPS) is 10.5. The van der Waals surface area contributed by atoms with Gasteiger partial charge < -0.3 is 14.8 Å². The van der Waals surface area contributed by atoms with Crippen molar-refractivity contribution in [2.75, 3.05) is 14.2 Å². The molecule has 0 saturated carbocycles. The lowest BCUT2D eigenvalue weighted by atomic mass is 10.2. The lowest BCUT2D eigenvalue weighted by Crippen LogP contribution is -2.13. The van der Waals surface area contributed by atoms with Crippen LogP contribution in [-0.2, 0) is 13.1 Å². The number of benzene rings is 1. The topological polar surface area (TPSA) is 43.4 Å². The van der Waals surface area contributed by atoms with Crippen molar-refractivity contribution in [3.63, 3.8) is 0 Å². The quantitative estimate of drug-likeness (QED) is 0.875. The van der Waals surface area contributed by atoms with Gasteiger partial charge in [-0.1, -0.05) is 15.9 Å². The van der Waals surface area contributed by atoms with Crippen LogP contribution in [0.2, 0.25) is 0 Å². The molecule has 2 aromatic rings. The molecule has 19 heavy (non-hydrogen) atoms. The number of ether oxygens (including phenoxy) is 2. The lowest BCUT2D eigenvalue weighted by Gasteiger charge is -2.12. The summed E-state index contributed by atoms with van der Waals surface area (Å²) in [6.07, 6.45) is 1.81. The van der Waals surface area contributed by atoms with Crippen molar-refractivity contribution < 1.29 is 9.47 Å². The third-order valence-corrected chi connectivity index (χ3v) is 4.15. The number of thiazole rings is 1. The van der Waals surface area contributed by atoms with Crippen LogP contribution in [0.4, 0.5) is 0 Å².